The molecule has 0 bridgehead atoms. The topological polar surface area (TPSA) is 26.0 Å². The van der Waals surface area contributed by atoms with Crippen LogP contribution in [0, 0.1) is 0 Å². The molecule has 1 nitrogen and oxygen atoms in total. The summed E-state index contributed by atoms with van der Waals surface area (Å²) in [4.78, 5) is 0.986. The Balaban J connectivity index is 3.72. The Hall–Kier alpha value is -0.110. The number of hydrogen-bond acceptors (Lipinski definition) is 2. The SMILES string of the molecule is CC/C(S)=C(\C)N. The quantitative estimate of drug-likeness (QED) is 0.500. The van der Waals surface area contributed by atoms with Gasteiger partial charge in [-0.2, -0.15) is 0 Å². The van der Waals surface area contributed by atoms with Crippen LogP contribution in [0.4, 0.5) is 0 Å². The zero-order valence-electron chi connectivity index (χ0n) is 4.73. The summed E-state index contributed by atoms with van der Waals surface area (Å²) >= 11 is 4.08. The molecule has 0 radical (unpaired) electrons. The van der Waals surface area contributed by atoms with Crippen molar-refractivity contribution >= 4 is 12.6 Å². The number of rotatable bonds is 1. The summed E-state index contributed by atoms with van der Waals surface area (Å²) in [5, 5.41) is 0. The fourth-order valence-corrected chi connectivity index (χ4v) is 0.279. The molecule has 0 spiro atoms. The van der Waals surface area contributed by atoms with Crippen LogP contribution < -0.4 is 5.73 Å². The van der Waals surface area contributed by atoms with E-state index in [2.05, 4.69) is 12.6 Å². The average molecular weight is 117 g/mol. The van der Waals surface area contributed by atoms with Crippen LogP contribution in [0.25, 0.3) is 0 Å². The van der Waals surface area contributed by atoms with Crippen LogP contribution in [0.15, 0.2) is 10.6 Å². The van der Waals surface area contributed by atoms with Crippen molar-refractivity contribution in [3.63, 3.8) is 0 Å². The van der Waals surface area contributed by atoms with Gasteiger partial charge >= 0.3 is 0 Å². The van der Waals surface area contributed by atoms with Crippen LogP contribution >= 0.6 is 12.6 Å². The largest absolute Gasteiger partial charge is 0.402 e. The molecule has 0 aromatic rings. The number of thiol groups is 1. The molecule has 0 fully saturated rings. The van der Waals surface area contributed by atoms with Gasteiger partial charge in [0.25, 0.3) is 0 Å². The highest BCUT2D eigenvalue weighted by Gasteiger charge is 1.84. The number of hydrogen-bond donors (Lipinski definition) is 2. The van der Waals surface area contributed by atoms with Crippen molar-refractivity contribution in [2.24, 2.45) is 5.73 Å². The molecule has 0 amide bonds. The molecule has 7 heavy (non-hydrogen) atoms. The maximum Gasteiger partial charge on any atom is 0.0143 e. The van der Waals surface area contributed by atoms with E-state index in [0.29, 0.717) is 0 Å². The van der Waals surface area contributed by atoms with Gasteiger partial charge in [-0.3, -0.25) is 0 Å². The van der Waals surface area contributed by atoms with E-state index in [-0.39, 0.29) is 0 Å². The van der Waals surface area contributed by atoms with Gasteiger partial charge in [-0.15, -0.1) is 12.6 Å². The number of allylic oxidation sites excluding steroid dienone is 2. The third kappa shape index (κ3) is 2.57. The highest BCUT2D eigenvalue weighted by Crippen LogP contribution is 2.06. The minimum atomic E-state index is 0.825. The molecule has 0 aliphatic carbocycles. The van der Waals surface area contributed by atoms with Crippen molar-refractivity contribution in [3.8, 4) is 0 Å². The normalized spacial score (nSPS) is 13.6. The van der Waals surface area contributed by atoms with Gasteiger partial charge in [0.05, 0.1) is 0 Å². The van der Waals surface area contributed by atoms with E-state index in [0.717, 1.165) is 17.0 Å². The van der Waals surface area contributed by atoms with Gasteiger partial charge in [0.2, 0.25) is 0 Å². The van der Waals surface area contributed by atoms with E-state index in [9.17, 15) is 0 Å². The molecule has 0 unspecified atom stereocenters. The van der Waals surface area contributed by atoms with Gasteiger partial charge in [-0.05, 0) is 18.2 Å². The van der Waals surface area contributed by atoms with Gasteiger partial charge in [0.15, 0.2) is 0 Å². The van der Waals surface area contributed by atoms with Gasteiger partial charge in [0, 0.05) is 5.70 Å². The minimum Gasteiger partial charge on any atom is -0.402 e. The lowest BCUT2D eigenvalue weighted by atomic mass is 10.4. The second kappa shape index (κ2) is 2.97. The average Bonchev–Trinajstić information content (AvgIpc) is 1.65. The Labute approximate surface area is 50.0 Å². The summed E-state index contributed by atoms with van der Waals surface area (Å²) in [6.07, 6.45) is 0.936. The van der Waals surface area contributed by atoms with Gasteiger partial charge in [0.1, 0.15) is 0 Å². The lowest BCUT2D eigenvalue weighted by Crippen LogP contribution is -1.92. The third-order valence-electron chi connectivity index (χ3n) is 0.790. The highest BCUT2D eigenvalue weighted by molar-refractivity contribution is 7.84. The second-order valence-corrected chi connectivity index (χ2v) is 2.02. The lowest BCUT2D eigenvalue weighted by molar-refractivity contribution is 1.14. The predicted octanol–water partition coefficient (Wildman–Crippen LogP) is 1.52. The summed E-state index contributed by atoms with van der Waals surface area (Å²) in [5.41, 5.74) is 6.17. The molecule has 0 saturated carbocycles. The number of nitrogens with two attached hydrogens (primary N) is 1. The summed E-state index contributed by atoms with van der Waals surface area (Å²) < 4.78 is 0. The van der Waals surface area contributed by atoms with Gasteiger partial charge in [-0.1, -0.05) is 6.92 Å². The standard InChI is InChI=1S/C5H11NS/c1-3-5(7)4(2)6/h7H,3,6H2,1-2H3/b5-4-. The Morgan fingerprint density at radius 3 is 2.14 bits per heavy atom. The van der Waals surface area contributed by atoms with Crippen molar-refractivity contribution in [2.75, 3.05) is 0 Å². The maximum atomic E-state index is 5.35. The van der Waals surface area contributed by atoms with Crippen LogP contribution in [-0.2, 0) is 0 Å². The third-order valence-corrected chi connectivity index (χ3v) is 1.46. The molecule has 0 atom stereocenters. The van der Waals surface area contributed by atoms with Crippen LogP contribution in [0.1, 0.15) is 20.3 Å². The van der Waals surface area contributed by atoms with E-state index in [1.807, 2.05) is 13.8 Å². The maximum absolute atomic E-state index is 5.35. The molecule has 2 N–H and O–H groups in total. The molecular formula is C5H11NS. The molecule has 0 rings (SSSR count). The van der Waals surface area contributed by atoms with Crippen molar-refractivity contribution in [1.29, 1.82) is 0 Å². The zero-order valence-corrected chi connectivity index (χ0v) is 5.63. The molecule has 2 heteroatoms. The highest BCUT2D eigenvalue weighted by atomic mass is 32.1. The molecule has 0 aliphatic rings. The van der Waals surface area contributed by atoms with Gasteiger partial charge < -0.3 is 5.73 Å². The molecule has 0 aromatic heterocycles. The van der Waals surface area contributed by atoms with E-state index in [1.165, 1.54) is 0 Å². The van der Waals surface area contributed by atoms with Crippen molar-refractivity contribution in [2.45, 2.75) is 20.3 Å². The summed E-state index contributed by atoms with van der Waals surface area (Å²) in [5.74, 6) is 0. The Morgan fingerprint density at radius 2 is 2.14 bits per heavy atom. The van der Waals surface area contributed by atoms with Crippen molar-refractivity contribution < 1.29 is 0 Å². The minimum absolute atomic E-state index is 0.825. The summed E-state index contributed by atoms with van der Waals surface area (Å²) in [6, 6.07) is 0. The van der Waals surface area contributed by atoms with Gasteiger partial charge in [-0.25, -0.2) is 0 Å². The lowest BCUT2D eigenvalue weighted by Gasteiger charge is -1.93. The fourth-order valence-electron chi connectivity index (χ4n) is 0.279. The van der Waals surface area contributed by atoms with Crippen LogP contribution in [0.5, 0.6) is 0 Å². The first-order chi connectivity index (χ1) is 3.18. The molecule has 0 aromatic carbocycles. The predicted molar refractivity (Wildman–Crippen MR) is 36.2 cm³/mol. The summed E-state index contributed by atoms with van der Waals surface area (Å²) in [7, 11) is 0. The van der Waals surface area contributed by atoms with Crippen LogP contribution in [-0.4, -0.2) is 0 Å². The monoisotopic (exact) mass is 117 g/mol. The Morgan fingerprint density at radius 1 is 1.71 bits per heavy atom. The Bertz CT molecular complexity index is 82.1. The molecule has 0 saturated heterocycles. The molecule has 0 heterocycles. The van der Waals surface area contributed by atoms with E-state index >= 15 is 0 Å². The zero-order chi connectivity index (χ0) is 5.86. The van der Waals surface area contributed by atoms with E-state index < -0.39 is 0 Å². The molecule has 0 aliphatic heterocycles. The fraction of sp³-hybridized carbons (Fsp3) is 0.600. The first-order valence-electron chi connectivity index (χ1n) is 2.32. The van der Waals surface area contributed by atoms with Crippen molar-refractivity contribution in [1.82, 2.24) is 0 Å². The van der Waals surface area contributed by atoms with E-state index in [4.69, 9.17) is 5.73 Å². The molecular weight excluding hydrogens is 106 g/mol. The first-order valence-corrected chi connectivity index (χ1v) is 2.77. The summed E-state index contributed by atoms with van der Waals surface area (Å²) in [6.45, 7) is 3.88. The van der Waals surface area contributed by atoms with Crippen LogP contribution in [0.3, 0.4) is 0 Å². The van der Waals surface area contributed by atoms with Crippen LogP contribution in [0.2, 0.25) is 0 Å². The van der Waals surface area contributed by atoms with E-state index in [1.54, 1.807) is 0 Å². The molecule has 42 valence electrons. The first kappa shape index (κ1) is 6.89. The second-order valence-electron chi connectivity index (χ2n) is 1.48. The smallest absolute Gasteiger partial charge is 0.0143 e. The van der Waals surface area contributed by atoms with Crippen molar-refractivity contribution in [3.05, 3.63) is 10.6 Å². The Kier molecular flexibility index (Phi) is 2.92.